The average molecular weight is 335 g/mol. The van der Waals surface area contributed by atoms with Crippen molar-refractivity contribution in [2.75, 3.05) is 19.6 Å². The van der Waals surface area contributed by atoms with Crippen molar-refractivity contribution < 1.29 is 4.52 Å². The second-order valence-corrected chi connectivity index (χ2v) is 6.41. The van der Waals surface area contributed by atoms with E-state index in [4.69, 9.17) is 16.1 Å². The fourth-order valence-corrected chi connectivity index (χ4v) is 3.18. The van der Waals surface area contributed by atoms with Gasteiger partial charge in [-0.3, -0.25) is 4.90 Å². The molecule has 0 amide bonds. The fourth-order valence-electron chi connectivity index (χ4n) is 3.06. The summed E-state index contributed by atoms with van der Waals surface area (Å²) in [4.78, 5) is 7.02. The molecular weight excluding hydrogens is 312 g/mol. The summed E-state index contributed by atoms with van der Waals surface area (Å²) >= 11 is 5.92. The molecule has 1 aliphatic heterocycles. The van der Waals surface area contributed by atoms with Gasteiger partial charge in [-0.05, 0) is 63.2 Å². The summed E-state index contributed by atoms with van der Waals surface area (Å²) in [7, 11) is 0. The van der Waals surface area contributed by atoms with E-state index in [0.717, 1.165) is 38.2 Å². The number of benzene rings is 1. The van der Waals surface area contributed by atoms with Crippen LogP contribution in [0.3, 0.4) is 0 Å². The molecule has 6 heteroatoms. The van der Waals surface area contributed by atoms with Crippen molar-refractivity contribution in [1.29, 1.82) is 0 Å². The van der Waals surface area contributed by atoms with Gasteiger partial charge in [0.05, 0.1) is 6.54 Å². The first-order valence-corrected chi connectivity index (χ1v) is 8.67. The van der Waals surface area contributed by atoms with Gasteiger partial charge < -0.3 is 9.84 Å². The molecule has 1 aromatic heterocycles. The van der Waals surface area contributed by atoms with Crippen molar-refractivity contribution >= 4 is 11.6 Å². The second-order valence-electron chi connectivity index (χ2n) is 5.97. The van der Waals surface area contributed by atoms with E-state index in [1.165, 1.54) is 12.8 Å². The van der Waals surface area contributed by atoms with Crippen LogP contribution in [0.2, 0.25) is 5.02 Å². The minimum atomic E-state index is 0.599. The molecule has 3 rings (SSSR count). The van der Waals surface area contributed by atoms with Gasteiger partial charge in [-0.15, -0.1) is 0 Å². The van der Waals surface area contributed by atoms with Crippen LogP contribution in [0.5, 0.6) is 0 Å². The van der Waals surface area contributed by atoms with Gasteiger partial charge in [-0.25, -0.2) is 0 Å². The quantitative estimate of drug-likeness (QED) is 0.878. The minimum Gasteiger partial charge on any atom is -0.338 e. The van der Waals surface area contributed by atoms with Gasteiger partial charge in [0.25, 0.3) is 0 Å². The second kappa shape index (κ2) is 7.90. The Morgan fingerprint density at radius 1 is 1.26 bits per heavy atom. The van der Waals surface area contributed by atoms with Crippen LogP contribution in [0.4, 0.5) is 0 Å². The molecule has 0 aliphatic carbocycles. The van der Waals surface area contributed by atoms with E-state index >= 15 is 0 Å². The van der Waals surface area contributed by atoms with Gasteiger partial charge in [0, 0.05) is 16.6 Å². The van der Waals surface area contributed by atoms with E-state index in [1.54, 1.807) is 0 Å². The maximum absolute atomic E-state index is 5.92. The molecule has 0 saturated carbocycles. The molecule has 2 heterocycles. The van der Waals surface area contributed by atoms with Crippen LogP contribution in [0.15, 0.2) is 28.8 Å². The van der Waals surface area contributed by atoms with Gasteiger partial charge in [0.15, 0.2) is 0 Å². The first-order valence-electron chi connectivity index (χ1n) is 8.29. The summed E-state index contributed by atoms with van der Waals surface area (Å²) in [5.74, 6) is 1.31. The Morgan fingerprint density at radius 2 is 2.00 bits per heavy atom. The SMILES string of the molecule is CCCN(Cc1nc(-c2ccc(Cl)cc2)no1)C1CCNCC1. The Hall–Kier alpha value is -1.43. The Bertz CT molecular complexity index is 607. The number of hydrogen-bond donors (Lipinski definition) is 1. The molecule has 0 bridgehead atoms. The summed E-state index contributed by atoms with van der Waals surface area (Å²) in [6.45, 7) is 6.17. The van der Waals surface area contributed by atoms with Gasteiger partial charge in [-0.1, -0.05) is 23.7 Å². The number of nitrogens with zero attached hydrogens (tertiary/aromatic N) is 3. The van der Waals surface area contributed by atoms with Gasteiger partial charge in [-0.2, -0.15) is 4.98 Å². The van der Waals surface area contributed by atoms with Crippen LogP contribution in [0, 0.1) is 0 Å². The molecule has 0 spiro atoms. The molecule has 0 unspecified atom stereocenters. The lowest BCUT2D eigenvalue weighted by Gasteiger charge is -2.33. The molecule has 124 valence electrons. The molecule has 0 atom stereocenters. The molecule has 0 radical (unpaired) electrons. The van der Waals surface area contributed by atoms with E-state index in [1.807, 2.05) is 24.3 Å². The van der Waals surface area contributed by atoms with E-state index in [2.05, 4.69) is 27.3 Å². The number of rotatable bonds is 6. The average Bonchev–Trinajstić information content (AvgIpc) is 3.04. The van der Waals surface area contributed by atoms with Crippen molar-refractivity contribution in [2.24, 2.45) is 0 Å². The normalized spacial score (nSPS) is 16.1. The number of hydrogen-bond acceptors (Lipinski definition) is 5. The molecule has 1 saturated heterocycles. The van der Waals surface area contributed by atoms with Crippen molar-refractivity contribution in [3.05, 3.63) is 35.2 Å². The van der Waals surface area contributed by atoms with E-state index in [9.17, 15) is 0 Å². The first kappa shape index (κ1) is 16.4. The van der Waals surface area contributed by atoms with Crippen LogP contribution in [-0.4, -0.2) is 40.7 Å². The van der Waals surface area contributed by atoms with Crippen molar-refractivity contribution in [3.63, 3.8) is 0 Å². The Labute approximate surface area is 142 Å². The van der Waals surface area contributed by atoms with Crippen LogP contribution >= 0.6 is 11.6 Å². The van der Waals surface area contributed by atoms with E-state index < -0.39 is 0 Å². The van der Waals surface area contributed by atoms with Gasteiger partial charge in [0.2, 0.25) is 11.7 Å². The smallest absolute Gasteiger partial charge is 0.241 e. The molecule has 23 heavy (non-hydrogen) atoms. The van der Waals surface area contributed by atoms with E-state index in [0.29, 0.717) is 22.8 Å². The fraction of sp³-hybridized carbons (Fsp3) is 0.529. The van der Waals surface area contributed by atoms with Gasteiger partial charge in [0.1, 0.15) is 0 Å². The molecule has 1 fully saturated rings. The number of halogens is 1. The highest BCUT2D eigenvalue weighted by Gasteiger charge is 2.22. The lowest BCUT2D eigenvalue weighted by molar-refractivity contribution is 0.137. The highest BCUT2D eigenvalue weighted by molar-refractivity contribution is 6.30. The first-order chi connectivity index (χ1) is 11.3. The van der Waals surface area contributed by atoms with Crippen LogP contribution in [0.25, 0.3) is 11.4 Å². The molecule has 1 aliphatic rings. The van der Waals surface area contributed by atoms with Crippen LogP contribution in [0.1, 0.15) is 32.1 Å². The van der Waals surface area contributed by atoms with Crippen molar-refractivity contribution in [3.8, 4) is 11.4 Å². The largest absolute Gasteiger partial charge is 0.338 e. The summed E-state index contributed by atoms with van der Waals surface area (Å²) in [5.41, 5.74) is 0.924. The zero-order chi connectivity index (χ0) is 16.1. The maximum atomic E-state index is 5.92. The highest BCUT2D eigenvalue weighted by atomic mass is 35.5. The molecule has 2 aromatic rings. The Kier molecular flexibility index (Phi) is 5.65. The molecule has 1 aromatic carbocycles. The highest BCUT2D eigenvalue weighted by Crippen LogP contribution is 2.20. The minimum absolute atomic E-state index is 0.599. The van der Waals surface area contributed by atoms with Crippen molar-refractivity contribution in [1.82, 2.24) is 20.4 Å². The van der Waals surface area contributed by atoms with Crippen molar-refractivity contribution in [2.45, 2.75) is 38.8 Å². The Morgan fingerprint density at radius 3 is 2.70 bits per heavy atom. The molecule has 5 nitrogen and oxygen atoms in total. The zero-order valence-corrected chi connectivity index (χ0v) is 14.2. The summed E-state index contributed by atoms with van der Waals surface area (Å²) < 4.78 is 5.47. The van der Waals surface area contributed by atoms with Crippen LogP contribution < -0.4 is 5.32 Å². The van der Waals surface area contributed by atoms with E-state index in [-0.39, 0.29) is 0 Å². The number of nitrogens with one attached hydrogen (secondary N) is 1. The summed E-state index contributed by atoms with van der Waals surface area (Å²) in [6.07, 6.45) is 3.48. The monoisotopic (exact) mass is 334 g/mol. The Balaban J connectivity index is 1.69. The lowest BCUT2D eigenvalue weighted by atomic mass is 10.0. The summed E-state index contributed by atoms with van der Waals surface area (Å²) in [5, 5.41) is 8.23. The predicted octanol–water partition coefficient (Wildman–Crippen LogP) is 3.35. The molecule has 1 N–H and O–H groups in total. The third-order valence-corrected chi connectivity index (χ3v) is 4.50. The standard InChI is InChI=1S/C17H23ClN4O/c1-2-11-22(15-7-9-19-10-8-15)12-16-20-17(21-23-16)13-3-5-14(18)6-4-13/h3-6,15,19H,2,7-12H2,1H3. The zero-order valence-electron chi connectivity index (χ0n) is 13.5. The van der Waals surface area contributed by atoms with Gasteiger partial charge >= 0.3 is 0 Å². The third kappa shape index (κ3) is 4.31. The third-order valence-electron chi connectivity index (χ3n) is 4.24. The van der Waals surface area contributed by atoms with Crippen LogP contribution in [-0.2, 0) is 6.54 Å². The number of piperidine rings is 1. The predicted molar refractivity (Wildman–Crippen MR) is 91.3 cm³/mol. The molecular formula is C17H23ClN4O. The lowest BCUT2D eigenvalue weighted by Crippen LogP contribution is -2.43. The summed E-state index contributed by atoms with van der Waals surface area (Å²) in [6, 6.07) is 8.10. The number of aromatic nitrogens is 2. The maximum Gasteiger partial charge on any atom is 0.241 e. The topological polar surface area (TPSA) is 54.2 Å².